The largest absolute Gasteiger partial charge is 0.478 e. The van der Waals surface area contributed by atoms with E-state index in [9.17, 15) is 9.59 Å². The van der Waals surface area contributed by atoms with Gasteiger partial charge in [-0.05, 0) is 12.1 Å². The maximum absolute atomic E-state index is 10.8. The van der Waals surface area contributed by atoms with Crippen LogP contribution in [0.15, 0.2) is 21.3 Å². The Kier molecular flexibility index (Phi) is 1.82. The second kappa shape index (κ2) is 2.88. The van der Waals surface area contributed by atoms with Gasteiger partial charge in [-0.2, -0.15) is 0 Å². The number of oxazole rings is 1. The van der Waals surface area contributed by atoms with E-state index in [-0.39, 0.29) is 21.7 Å². The molecule has 1 aromatic heterocycles. The van der Waals surface area contributed by atoms with Crippen LogP contribution in [0.5, 0.6) is 0 Å². The quantitative estimate of drug-likeness (QED) is 0.752. The summed E-state index contributed by atoms with van der Waals surface area (Å²) in [6.07, 6.45) is 0. The van der Waals surface area contributed by atoms with E-state index in [0.717, 1.165) is 0 Å². The smallest absolute Gasteiger partial charge is 0.417 e. The van der Waals surface area contributed by atoms with Crippen molar-refractivity contribution in [3.8, 4) is 0 Å². The average Bonchev–Trinajstić information content (AvgIpc) is 2.42. The van der Waals surface area contributed by atoms with E-state index in [1.165, 1.54) is 12.1 Å². The number of rotatable bonds is 1. The van der Waals surface area contributed by atoms with Gasteiger partial charge in [-0.15, -0.1) is 0 Å². The number of aromatic carboxylic acids is 1. The molecule has 0 saturated heterocycles. The lowest BCUT2D eigenvalue weighted by atomic mass is 10.2. The number of aromatic nitrogens is 1. The summed E-state index contributed by atoms with van der Waals surface area (Å²) in [6.45, 7) is 0. The van der Waals surface area contributed by atoms with Crippen LogP contribution in [0.4, 0.5) is 0 Å². The van der Waals surface area contributed by atoms with E-state index < -0.39 is 11.7 Å². The lowest BCUT2D eigenvalue weighted by Crippen LogP contribution is -1.96. The van der Waals surface area contributed by atoms with E-state index in [1.54, 1.807) is 0 Å². The zero-order valence-corrected chi connectivity index (χ0v) is 7.46. The number of nitrogens with one attached hydrogen (secondary N) is 1. The Labute approximate surface area is 81.9 Å². The molecule has 0 amide bonds. The molecule has 6 heteroatoms. The summed E-state index contributed by atoms with van der Waals surface area (Å²) in [4.78, 5) is 23.9. The van der Waals surface area contributed by atoms with Crippen molar-refractivity contribution in [2.45, 2.75) is 0 Å². The van der Waals surface area contributed by atoms with Crippen LogP contribution in [0.3, 0.4) is 0 Å². The number of carbonyl (C=O) groups is 1. The summed E-state index contributed by atoms with van der Waals surface area (Å²) in [5.74, 6) is -1.90. The molecule has 14 heavy (non-hydrogen) atoms. The first-order valence-corrected chi connectivity index (χ1v) is 4.01. The summed E-state index contributed by atoms with van der Waals surface area (Å²) in [7, 11) is 0. The predicted molar refractivity (Wildman–Crippen MR) is 48.8 cm³/mol. The first-order chi connectivity index (χ1) is 6.58. The van der Waals surface area contributed by atoms with Gasteiger partial charge in [-0.3, -0.25) is 4.98 Å². The van der Waals surface area contributed by atoms with Crippen molar-refractivity contribution in [3.05, 3.63) is 33.3 Å². The van der Waals surface area contributed by atoms with E-state index in [4.69, 9.17) is 16.7 Å². The van der Waals surface area contributed by atoms with Gasteiger partial charge in [0, 0.05) is 5.02 Å². The fourth-order valence-electron chi connectivity index (χ4n) is 1.18. The van der Waals surface area contributed by atoms with E-state index in [0.29, 0.717) is 0 Å². The molecule has 0 aliphatic rings. The minimum Gasteiger partial charge on any atom is -0.478 e. The molecular weight excluding hydrogens is 210 g/mol. The second-order valence-corrected chi connectivity index (χ2v) is 3.09. The number of aromatic amines is 1. The van der Waals surface area contributed by atoms with Crippen LogP contribution in [0, 0.1) is 0 Å². The Hall–Kier alpha value is -1.75. The van der Waals surface area contributed by atoms with Gasteiger partial charge in [0.1, 0.15) is 5.56 Å². The molecule has 72 valence electrons. The van der Waals surface area contributed by atoms with E-state index >= 15 is 0 Å². The summed E-state index contributed by atoms with van der Waals surface area (Å²) in [5.41, 5.74) is 0.151. The molecule has 2 N–H and O–H groups in total. The summed E-state index contributed by atoms with van der Waals surface area (Å²) >= 11 is 5.65. The molecule has 0 fully saturated rings. The standard InChI is InChI=1S/C8H4ClNO4/c9-3-1-4(7(11)12)6-5(2-3)10-8(13)14-6/h1-2H,(H,10,13)(H,11,12). The highest BCUT2D eigenvalue weighted by Gasteiger charge is 2.14. The topological polar surface area (TPSA) is 83.3 Å². The van der Waals surface area contributed by atoms with Gasteiger partial charge < -0.3 is 9.52 Å². The first-order valence-electron chi connectivity index (χ1n) is 3.63. The van der Waals surface area contributed by atoms with E-state index in [2.05, 4.69) is 9.40 Å². The highest BCUT2D eigenvalue weighted by atomic mass is 35.5. The lowest BCUT2D eigenvalue weighted by Gasteiger charge is -1.95. The van der Waals surface area contributed by atoms with Gasteiger partial charge in [0.2, 0.25) is 0 Å². The number of hydrogen-bond acceptors (Lipinski definition) is 3. The summed E-state index contributed by atoms with van der Waals surface area (Å²) in [5, 5.41) is 9.01. The lowest BCUT2D eigenvalue weighted by molar-refractivity contribution is 0.0698. The van der Waals surface area contributed by atoms with Crippen molar-refractivity contribution < 1.29 is 14.3 Å². The van der Waals surface area contributed by atoms with Crippen molar-refractivity contribution in [2.24, 2.45) is 0 Å². The summed E-state index contributed by atoms with van der Waals surface area (Å²) in [6, 6.07) is 2.65. The fourth-order valence-corrected chi connectivity index (χ4v) is 1.40. The highest BCUT2D eigenvalue weighted by Crippen LogP contribution is 2.21. The Morgan fingerprint density at radius 3 is 2.86 bits per heavy atom. The van der Waals surface area contributed by atoms with Gasteiger partial charge in [-0.1, -0.05) is 11.6 Å². The fraction of sp³-hybridized carbons (Fsp3) is 0. The first kappa shape index (κ1) is 8.83. The molecule has 1 heterocycles. The maximum Gasteiger partial charge on any atom is 0.417 e. The molecule has 0 unspecified atom stereocenters. The molecule has 1 aromatic carbocycles. The van der Waals surface area contributed by atoms with Gasteiger partial charge in [0.05, 0.1) is 5.52 Å². The van der Waals surface area contributed by atoms with Gasteiger partial charge >= 0.3 is 11.7 Å². The van der Waals surface area contributed by atoms with Crippen LogP contribution in [-0.4, -0.2) is 16.1 Å². The number of hydrogen-bond donors (Lipinski definition) is 2. The number of carboxylic acids is 1. The minimum atomic E-state index is -1.19. The second-order valence-electron chi connectivity index (χ2n) is 2.65. The van der Waals surface area contributed by atoms with Crippen LogP contribution < -0.4 is 5.76 Å². The number of carboxylic acid groups (broad SMARTS) is 1. The molecule has 0 bridgehead atoms. The van der Waals surface area contributed by atoms with Crippen molar-refractivity contribution >= 4 is 28.7 Å². The molecule has 0 aliphatic carbocycles. The Bertz CT molecular complexity index is 568. The molecule has 0 aliphatic heterocycles. The Morgan fingerprint density at radius 2 is 2.21 bits per heavy atom. The zero-order valence-electron chi connectivity index (χ0n) is 6.70. The van der Waals surface area contributed by atoms with Crippen LogP contribution in [0.25, 0.3) is 11.1 Å². The van der Waals surface area contributed by atoms with Gasteiger partial charge in [0.25, 0.3) is 0 Å². The minimum absolute atomic E-state index is 0.00639. The highest BCUT2D eigenvalue weighted by molar-refractivity contribution is 6.31. The monoisotopic (exact) mass is 213 g/mol. The molecule has 0 radical (unpaired) electrons. The molecule has 0 saturated carbocycles. The number of benzene rings is 1. The van der Waals surface area contributed by atoms with Crippen LogP contribution >= 0.6 is 11.6 Å². The van der Waals surface area contributed by atoms with Crippen molar-refractivity contribution in [1.82, 2.24) is 4.98 Å². The van der Waals surface area contributed by atoms with E-state index in [1.807, 2.05) is 0 Å². The molecule has 0 spiro atoms. The average molecular weight is 214 g/mol. The van der Waals surface area contributed by atoms with Crippen LogP contribution in [0.2, 0.25) is 5.02 Å². The molecule has 5 nitrogen and oxygen atoms in total. The summed E-state index contributed by atoms with van der Waals surface area (Å²) < 4.78 is 4.66. The van der Waals surface area contributed by atoms with Gasteiger partial charge in [0.15, 0.2) is 5.58 Å². The van der Waals surface area contributed by atoms with Crippen LogP contribution in [-0.2, 0) is 0 Å². The number of fused-ring (bicyclic) bond motifs is 1. The molecule has 0 atom stereocenters. The van der Waals surface area contributed by atoms with Crippen molar-refractivity contribution in [2.75, 3.05) is 0 Å². The van der Waals surface area contributed by atoms with Crippen molar-refractivity contribution in [3.63, 3.8) is 0 Å². The third-order valence-electron chi connectivity index (χ3n) is 1.72. The Morgan fingerprint density at radius 1 is 1.50 bits per heavy atom. The predicted octanol–water partition coefficient (Wildman–Crippen LogP) is 1.47. The third-order valence-corrected chi connectivity index (χ3v) is 1.93. The van der Waals surface area contributed by atoms with Crippen molar-refractivity contribution in [1.29, 1.82) is 0 Å². The van der Waals surface area contributed by atoms with Gasteiger partial charge in [-0.25, -0.2) is 9.59 Å². The maximum atomic E-state index is 10.8. The molecule has 2 aromatic rings. The number of halogens is 1. The third kappa shape index (κ3) is 1.27. The number of H-pyrrole nitrogens is 1. The SMILES string of the molecule is O=C(O)c1cc(Cl)cc2[nH]c(=O)oc12. The van der Waals surface area contributed by atoms with Crippen LogP contribution in [0.1, 0.15) is 10.4 Å². The zero-order chi connectivity index (χ0) is 10.3. The molecule has 2 rings (SSSR count). The normalized spacial score (nSPS) is 10.6. The molecular formula is C8H4ClNO4. The Balaban J connectivity index is 2.92.